The second-order valence-corrected chi connectivity index (χ2v) is 10.2. The molecule has 0 heterocycles. The van der Waals surface area contributed by atoms with Crippen LogP contribution in [0.15, 0.2) is 33.8 Å². The Hall–Kier alpha value is -0.840. The first kappa shape index (κ1) is 24.2. The Kier molecular flexibility index (Phi) is 8.16. The lowest BCUT2D eigenvalue weighted by Gasteiger charge is -2.36. The largest absolute Gasteiger partial charge is 0.598 e. The summed E-state index contributed by atoms with van der Waals surface area (Å²) in [6.07, 6.45) is -5.58. The number of hydrogen-bond donors (Lipinski definition) is 1. The predicted molar refractivity (Wildman–Crippen MR) is 105 cm³/mol. The van der Waals surface area contributed by atoms with Crippen LogP contribution in [-0.2, 0) is 16.9 Å². The molecule has 1 rings (SSSR count). The molecule has 0 saturated heterocycles. The van der Waals surface area contributed by atoms with Gasteiger partial charge in [0.2, 0.25) is 0 Å². The molecule has 1 N–H and O–H groups in total. The van der Waals surface area contributed by atoms with Gasteiger partial charge in [-0.1, -0.05) is 28.1 Å². The summed E-state index contributed by atoms with van der Waals surface area (Å²) < 4.78 is 69.9. The average molecular weight is 474 g/mol. The Labute approximate surface area is 168 Å². The fourth-order valence-electron chi connectivity index (χ4n) is 2.18. The molecule has 0 aliphatic carbocycles. The molecule has 0 unspecified atom stereocenters. The SMILES string of the molecule is CN(C)N=C(C[C@](CF)(N[S@+]([O-])C(C)(C)C)c1cccc(Br)c1)C(F)(F)F. The summed E-state index contributed by atoms with van der Waals surface area (Å²) in [4.78, 5) is 0. The minimum Gasteiger partial charge on any atom is -0.598 e. The maximum Gasteiger partial charge on any atom is 0.431 e. The lowest BCUT2D eigenvalue weighted by atomic mass is 9.86. The Morgan fingerprint density at radius 2 is 1.85 bits per heavy atom. The second kappa shape index (κ2) is 9.11. The zero-order valence-corrected chi connectivity index (χ0v) is 18.2. The van der Waals surface area contributed by atoms with Crippen molar-refractivity contribution in [2.75, 3.05) is 20.8 Å². The molecule has 2 atom stereocenters. The molecule has 0 saturated carbocycles. The summed E-state index contributed by atoms with van der Waals surface area (Å²) in [5, 5.41) is 4.51. The van der Waals surface area contributed by atoms with Crippen molar-refractivity contribution in [3.8, 4) is 0 Å². The number of hydrogen-bond acceptors (Lipinski definition) is 4. The molecule has 1 aromatic rings. The molecule has 0 spiro atoms. The minimum absolute atomic E-state index is 0.243. The smallest absolute Gasteiger partial charge is 0.431 e. The zero-order valence-electron chi connectivity index (χ0n) is 15.8. The highest BCUT2D eigenvalue weighted by Gasteiger charge is 2.47. The highest BCUT2D eigenvalue weighted by Crippen LogP contribution is 2.35. The summed E-state index contributed by atoms with van der Waals surface area (Å²) in [7, 11) is 2.70. The van der Waals surface area contributed by atoms with Crippen LogP contribution < -0.4 is 4.72 Å². The van der Waals surface area contributed by atoms with Crippen molar-refractivity contribution in [1.82, 2.24) is 9.73 Å². The lowest BCUT2D eigenvalue weighted by Crippen LogP contribution is -2.54. The molecule has 0 aliphatic heterocycles. The third kappa shape index (κ3) is 6.92. The second-order valence-electron chi connectivity index (χ2n) is 7.28. The first-order chi connectivity index (χ1) is 12.2. The van der Waals surface area contributed by atoms with Gasteiger partial charge in [-0.25, -0.2) is 4.39 Å². The summed E-state index contributed by atoms with van der Waals surface area (Å²) in [5.41, 5.74) is -2.78. The standard InChI is InChI=1S/C17H24BrF4N3OS/c1-15(2,3)27(26)24-16(11-19,12-7-6-8-13(18)9-12)10-14(17(20,21)22)23-25(4)5/h6-9,24H,10-11H2,1-5H3/t16-,27-/m1/s1. The number of nitrogens with zero attached hydrogens (tertiary/aromatic N) is 2. The molecule has 0 aliphatic rings. The number of rotatable bonds is 7. The van der Waals surface area contributed by atoms with Crippen molar-refractivity contribution in [1.29, 1.82) is 0 Å². The summed E-state index contributed by atoms with van der Waals surface area (Å²) in [5.74, 6) is 0. The van der Waals surface area contributed by atoms with E-state index in [4.69, 9.17) is 0 Å². The molecular formula is C17H24BrF4N3OS. The van der Waals surface area contributed by atoms with Crippen LogP contribution >= 0.6 is 15.9 Å². The van der Waals surface area contributed by atoms with Gasteiger partial charge in [0.05, 0.1) is 0 Å². The summed E-state index contributed by atoms with van der Waals surface area (Å²) in [6, 6.07) is 6.27. The van der Waals surface area contributed by atoms with Gasteiger partial charge < -0.3 is 9.56 Å². The first-order valence-electron chi connectivity index (χ1n) is 8.05. The van der Waals surface area contributed by atoms with Crippen LogP contribution in [0.4, 0.5) is 17.6 Å². The highest BCUT2D eigenvalue weighted by molar-refractivity contribution is 9.10. The van der Waals surface area contributed by atoms with Crippen molar-refractivity contribution < 1.29 is 22.1 Å². The number of nitrogens with one attached hydrogen (secondary N) is 1. The van der Waals surface area contributed by atoms with Crippen molar-refractivity contribution in [2.24, 2.45) is 5.10 Å². The first-order valence-corrected chi connectivity index (χ1v) is 9.99. The molecule has 4 nitrogen and oxygen atoms in total. The maximum atomic E-state index is 14.3. The van der Waals surface area contributed by atoms with E-state index < -0.39 is 46.6 Å². The number of alkyl halides is 4. The molecule has 0 aromatic heterocycles. The number of halogens is 5. The van der Waals surface area contributed by atoms with E-state index in [1.54, 1.807) is 32.9 Å². The van der Waals surface area contributed by atoms with E-state index in [1.807, 2.05) is 0 Å². The molecule has 0 fully saturated rings. The Morgan fingerprint density at radius 3 is 2.26 bits per heavy atom. The molecule has 154 valence electrons. The highest BCUT2D eigenvalue weighted by atomic mass is 79.9. The molecule has 0 radical (unpaired) electrons. The maximum absolute atomic E-state index is 14.3. The monoisotopic (exact) mass is 473 g/mol. The van der Waals surface area contributed by atoms with Gasteiger partial charge in [-0.15, -0.1) is 4.72 Å². The van der Waals surface area contributed by atoms with Gasteiger partial charge in [0.1, 0.15) is 22.7 Å². The van der Waals surface area contributed by atoms with Crippen LogP contribution in [-0.4, -0.2) is 47.0 Å². The van der Waals surface area contributed by atoms with Gasteiger partial charge in [0.25, 0.3) is 0 Å². The van der Waals surface area contributed by atoms with Crippen molar-refractivity contribution in [2.45, 2.75) is 43.7 Å². The Morgan fingerprint density at radius 1 is 1.26 bits per heavy atom. The Bertz CT molecular complexity index is 664. The molecule has 10 heteroatoms. The van der Waals surface area contributed by atoms with E-state index >= 15 is 0 Å². The average Bonchev–Trinajstić information content (AvgIpc) is 2.51. The summed E-state index contributed by atoms with van der Waals surface area (Å²) >= 11 is 1.44. The topological polar surface area (TPSA) is 50.7 Å². The minimum atomic E-state index is -4.76. The third-order valence-electron chi connectivity index (χ3n) is 3.57. The zero-order chi connectivity index (χ0) is 21.0. The van der Waals surface area contributed by atoms with E-state index in [0.717, 1.165) is 5.01 Å². The number of benzene rings is 1. The van der Waals surface area contributed by atoms with Gasteiger partial charge in [-0.2, -0.15) is 18.3 Å². The van der Waals surface area contributed by atoms with E-state index in [1.165, 1.54) is 26.2 Å². The van der Waals surface area contributed by atoms with E-state index in [0.29, 0.717) is 4.47 Å². The molecule has 0 amide bonds. The van der Waals surface area contributed by atoms with Gasteiger partial charge in [0, 0.05) is 36.4 Å². The molecular weight excluding hydrogens is 450 g/mol. The predicted octanol–water partition coefficient (Wildman–Crippen LogP) is 4.54. The van der Waals surface area contributed by atoms with Crippen molar-refractivity contribution in [3.05, 3.63) is 34.3 Å². The molecule has 0 bridgehead atoms. The Balaban J connectivity index is 3.52. The van der Waals surface area contributed by atoms with Crippen LogP contribution in [0, 0.1) is 0 Å². The van der Waals surface area contributed by atoms with E-state index in [-0.39, 0.29) is 5.56 Å². The fraction of sp³-hybridized carbons (Fsp3) is 0.588. The van der Waals surface area contributed by atoms with Crippen molar-refractivity contribution >= 4 is 33.0 Å². The van der Waals surface area contributed by atoms with Crippen molar-refractivity contribution in [3.63, 3.8) is 0 Å². The van der Waals surface area contributed by atoms with E-state index in [2.05, 4.69) is 25.8 Å². The van der Waals surface area contributed by atoms with Gasteiger partial charge in [-0.3, -0.25) is 0 Å². The van der Waals surface area contributed by atoms with Gasteiger partial charge in [0.15, 0.2) is 0 Å². The van der Waals surface area contributed by atoms with Gasteiger partial charge >= 0.3 is 6.18 Å². The normalized spacial score (nSPS) is 16.8. The lowest BCUT2D eigenvalue weighted by molar-refractivity contribution is -0.0630. The van der Waals surface area contributed by atoms with E-state index in [9.17, 15) is 22.1 Å². The van der Waals surface area contributed by atoms with Gasteiger partial charge in [-0.05, 0) is 38.5 Å². The van der Waals surface area contributed by atoms with Crippen LogP contribution in [0.5, 0.6) is 0 Å². The summed E-state index contributed by atoms with van der Waals surface area (Å²) in [6.45, 7) is 3.75. The molecule has 1 aromatic carbocycles. The fourth-order valence-corrected chi connectivity index (χ4v) is 3.49. The quantitative estimate of drug-likeness (QED) is 0.273. The third-order valence-corrected chi connectivity index (χ3v) is 5.75. The van der Waals surface area contributed by atoms with Crippen LogP contribution in [0.3, 0.4) is 0 Å². The van der Waals surface area contributed by atoms with Crippen LogP contribution in [0.25, 0.3) is 0 Å². The number of hydrazone groups is 1. The van der Waals surface area contributed by atoms with Crippen LogP contribution in [0.1, 0.15) is 32.8 Å². The molecule has 27 heavy (non-hydrogen) atoms. The van der Waals surface area contributed by atoms with Crippen LogP contribution in [0.2, 0.25) is 0 Å².